The van der Waals surface area contributed by atoms with Gasteiger partial charge in [-0.15, -0.1) is 0 Å². The van der Waals surface area contributed by atoms with Crippen molar-refractivity contribution in [2.75, 3.05) is 26.4 Å². The van der Waals surface area contributed by atoms with Crippen LogP contribution in [0.15, 0.2) is 42.5 Å². The Hall–Kier alpha value is -2.83. The molecule has 2 rings (SSSR count). The molecule has 1 N–H and O–H groups in total. The summed E-state index contributed by atoms with van der Waals surface area (Å²) in [5.74, 6) is -0.760. The summed E-state index contributed by atoms with van der Waals surface area (Å²) in [6.45, 7) is 2.66. The van der Waals surface area contributed by atoms with Gasteiger partial charge in [0, 0.05) is 6.07 Å². The van der Waals surface area contributed by atoms with E-state index in [1.165, 1.54) is 0 Å². The Balaban J connectivity index is 1.65. The molecule has 0 saturated carbocycles. The van der Waals surface area contributed by atoms with Crippen LogP contribution in [0.3, 0.4) is 0 Å². The molecule has 0 bridgehead atoms. The Bertz CT molecular complexity index is 692. The SMILES string of the molecule is CCOc1ccc(OCCNC(=O)COc2ccc(F)cc2F)cc1. The van der Waals surface area contributed by atoms with Crippen LogP contribution in [0.4, 0.5) is 8.78 Å². The van der Waals surface area contributed by atoms with Crippen molar-refractivity contribution in [3.8, 4) is 17.2 Å². The number of rotatable bonds is 9. The third kappa shape index (κ3) is 6.29. The molecule has 134 valence electrons. The number of halogens is 2. The topological polar surface area (TPSA) is 56.8 Å². The third-order valence-electron chi connectivity index (χ3n) is 3.08. The number of carbonyl (C=O) groups is 1. The zero-order chi connectivity index (χ0) is 18.1. The monoisotopic (exact) mass is 351 g/mol. The number of hydrogen-bond acceptors (Lipinski definition) is 4. The highest BCUT2D eigenvalue weighted by atomic mass is 19.1. The van der Waals surface area contributed by atoms with E-state index in [-0.39, 0.29) is 25.5 Å². The fraction of sp³-hybridized carbons (Fsp3) is 0.278. The van der Waals surface area contributed by atoms with Gasteiger partial charge in [-0.25, -0.2) is 8.78 Å². The molecule has 1 amide bonds. The fourth-order valence-electron chi connectivity index (χ4n) is 1.94. The van der Waals surface area contributed by atoms with Gasteiger partial charge in [0.05, 0.1) is 13.2 Å². The molecule has 2 aromatic carbocycles. The predicted molar refractivity (Wildman–Crippen MR) is 88.0 cm³/mol. The minimum atomic E-state index is -0.855. The van der Waals surface area contributed by atoms with Crippen molar-refractivity contribution in [2.24, 2.45) is 0 Å². The summed E-state index contributed by atoms with van der Waals surface area (Å²) in [7, 11) is 0. The fourth-order valence-corrected chi connectivity index (χ4v) is 1.94. The Kier molecular flexibility index (Phi) is 7.00. The Labute approximate surface area is 144 Å². The maximum Gasteiger partial charge on any atom is 0.258 e. The number of benzene rings is 2. The van der Waals surface area contributed by atoms with E-state index in [2.05, 4.69) is 5.32 Å². The van der Waals surface area contributed by atoms with Gasteiger partial charge in [-0.2, -0.15) is 0 Å². The van der Waals surface area contributed by atoms with Crippen LogP contribution in [0, 0.1) is 11.6 Å². The zero-order valence-corrected chi connectivity index (χ0v) is 13.8. The number of hydrogen-bond donors (Lipinski definition) is 1. The van der Waals surface area contributed by atoms with Crippen molar-refractivity contribution >= 4 is 5.91 Å². The van der Waals surface area contributed by atoms with Gasteiger partial charge < -0.3 is 19.5 Å². The minimum Gasteiger partial charge on any atom is -0.494 e. The number of ether oxygens (including phenoxy) is 3. The second-order valence-electron chi connectivity index (χ2n) is 4.97. The molecule has 0 aliphatic heterocycles. The van der Waals surface area contributed by atoms with Gasteiger partial charge in [0.25, 0.3) is 5.91 Å². The summed E-state index contributed by atoms with van der Waals surface area (Å²) in [4.78, 5) is 11.6. The van der Waals surface area contributed by atoms with Gasteiger partial charge in [-0.3, -0.25) is 4.79 Å². The van der Waals surface area contributed by atoms with Gasteiger partial charge >= 0.3 is 0 Å². The summed E-state index contributed by atoms with van der Waals surface area (Å²) >= 11 is 0. The van der Waals surface area contributed by atoms with Crippen molar-refractivity contribution in [3.63, 3.8) is 0 Å². The average molecular weight is 351 g/mol. The molecule has 0 radical (unpaired) electrons. The number of amides is 1. The maximum absolute atomic E-state index is 13.3. The third-order valence-corrected chi connectivity index (χ3v) is 3.08. The van der Waals surface area contributed by atoms with Crippen LogP contribution in [0.5, 0.6) is 17.2 Å². The Morgan fingerprint density at radius 3 is 2.32 bits per heavy atom. The van der Waals surface area contributed by atoms with Crippen LogP contribution in [0.1, 0.15) is 6.92 Å². The van der Waals surface area contributed by atoms with Crippen molar-refractivity contribution in [3.05, 3.63) is 54.1 Å². The summed E-state index contributed by atoms with van der Waals surface area (Å²) in [5.41, 5.74) is 0. The number of nitrogens with one attached hydrogen (secondary N) is 1. The van der Waals surface area contributed by atoms with Crippen molar-refractivity contribution in [1.29, 1.82) is 0 Å². The first kappa shape index (κ1) is 18.5. The lowest BCUT2D eigenvalue weighted by molar-refractivity contribution is -0.123. The molecule has 0 aliphatic carbocycles. The molecule has 0 saturated heterocycles. The molecule has 0 aromatic heterocycles. The summed E-state index contributed by atoms with van der Waals surface area (Å²) in [6.07, 6.45) is 0. The first-order valence-corrected chi connectivity index (χ1v) is 7.78. The highest BCUT2D eigenvalue weighted by molar-refractivity contribution is 5.77. The maximum atomic E-state index is 13.3. The summed E-state index contributed by atoms with van der Waals surface area (Å²) < 4.78 is 41.9. The lowest BCUT2D eigenvalue weighted by atomic mass is 10.3. The Morgan fingerprint density at radius 1 is 1.00 bits per heavy atom. The van der Waals surface area contributed by atoms with Crippen molar-refractivity contribution in [1.82, 2.24) is 5.32 Å². The van der Waals surface area contributed by atoms with Gasteiger partial charge in [-0.1, -0.05) is 0 Å². The lowest BCUT2D eigenvalue weighted by Crippen LogP contribution is -2.32. The minimum absolute atomic E-state index is 0.179. The molecule has 0 spiro atoms. The van der Waals surface area contributed by atoms with Crippen molar-refractivity contribution in [2.45, 2.75) is 6.92 Å². The molecule has 7 heteroatoms. The lowest BCUT2D eigenvalue weighted by Gasteiger charge is -2.10. The normalized spacial score (nSPS) is 10.2. The summed E-state index contributed by atoms with van der Waals surface area (Å²) in [6, 6.07) is 10.0. The van der Waals surface area contributed by atoms with Gasteiger partial charge in [0.15, 0.2) is 18.2 Å². The van der Waals surface area contributed by atoms with E-state index in [1.807, 2.05) is 6.92 Å². The molecule has 0 aliphatic rings. The van der Waals surface area contributed by atoms with E-state index in [9.17, 15) is 13.6 Å². The van der Waals surface area contributed by atoms with Crippen LogP contribution in [0.2, 0.25) is 0 Å². The van der Waals surface area contributed by atoms with E-state index in [0.29, 0.717) is 18.4 Å². The molecular formula is C18H19F2NO4. The molecule has 0 atom stereocenters. The van der Waals surface area contributed by atoms with Crippen LogP contribution >= 0.6 is 0 Å². The first-order chi connectivity index (χ1) is 12.1. The van der Waals surface area contributed by atoms with Crippen LogP contribution in [-0.4, -0.2) is 32.3 Å². The zero-order valence-electron chi connectivity index (χ0n) is 13.8. The molecule has 0 fully saturated rings. The average Bonchev–Trinajstić information content (AvgIpc) is 2.59. The summed E-state index contributed by atoms with van der Waals surface area (Å²) in [5, 5.41) is 2.58. The molecule has 0 unspecified atom stereocenters. The van der Waals surface area contributed by atoms with Gasteiger partial charge in [-0.05, 0) is 43.3 Å². The number of carbonyl (C=O) groups excluding carboxylic acids is 1. The highest BCUT2D eigenvalue weighted by Crippen LogP contribution is 2.18. The van der Waals surface area contributed by atoms with E-state index in [0.717, 1.165) is 17.9 Å². The second kappa shape index (κ2) is 9.46. The van der Waals surface area contributed by atoms with Crippen LogP contribution in [0.25, 0.3) is 0 Å². The molecule has 0 heterocycles. The molecule has 5 nitrogen and oxygen atoms in total. The predicted octanol–water partition coefficient (Wildman–Crippen LogP) is 2.94. The standard InChI is InChI=1S/C18H19F2NO4/c1-2-23-14-4-6-15(7-5-14)24-10-9-21-18(22)12-25-17-8-3-13(19)11-16(17)20/h3-8,11H,2,9-10,12H2,1H3,(H,21,22). The second-order valence-corrected chi connectivity index (χ2v) is 4.97. The van der Waals surface area contributed by atoms with Crippen molar-refractivity contribution < 1.29 is 27.8 Å². The smallest absolute Gasteiger partial charge is 0.258 e. The van der Waals surface area contributed by atoms with Crippen LogP contribution in [-0.2, 0) is 4.79 Å². The quantitative estimate of drug-likeness (QED) is 0.706. The van der Waals surface area contributed by atoms with E-state index < -0.39 is 17.5 Å². The molecular weight excluding hydrogens is 332 g/mol. The highest BCUT2D eigenvalue weighted by Gasteiger charge is 2.07. The van der Waals surface area contributed by atoms with E-state index in [1.54, 1.807) is 24.3 Å². The molecule has 25 heavy (non-hydrogen) atoms. The van der Waals surface area contributed by atoms with Gasteiger partial charge in [0.1, 0.15) is 23.9 Å². The largest absolute Gasteiger partial charge is 0.494 e. The van der Waals surface area contributed by atoms with Crippen LogP contribution < -0.4 is 19.5 Å². The first-order valence-electron chi connectivity index (χ1n) is 7.78. The van der Waals surface area contributed by atoms with Gasteiger partial charge in [0.2, 0.25) is 0 Å². The Morgan fingerprint density at radius 2 is 1.68 bits per heavy atom. The molecule has 2 aromatic rings. The van der Waals surface area contributed by atoms with E-state index >= 15 is 0 Å². The van der Waals surface area contributed by atoms with E-state index in [4.69, 9.17) is 14.2 Å².